The normalized spacial score (nSPS) is 17.6. The molecule has 188 valence electrons. The predicted molar refractivity (Wildman–Crippen MR) is 131 cm³/mol. The van der Waals surface area contributed by atoms with Gasteiger partial charge in [-0.15, -0.1) is 0 Å². The number of amides is 4. The standard InChI is InChI=1S/C26H28N4O6/c31-23(6-3-9-30-25(33)19-4-1-2-5-20(19)26(30)34)27-18-7-8-21-22(16-18)36-17-24(32)29(21)11-10-28-12-14-35-15-13-28/h1-2,4-5,7-8,16H,3,6,9-15,17H2,(H,27,31). The van der Waals surface area contributed by atoms with Crippen LogP contribution in [-0.2, 0) is 14.3 Å². The Bertz CT molecular complexity index is 1160. The van der Waals surface area contributed by atoms with E-state index in [1.54, 1.807) is 47.4 Å². The molecule has 0 unspecified atom stereocenters. The Kier molecular flexibility index (Phi) is 6.97. The fraction of sp³-hybridized carbons (Fsp3) is 0.385. The van der Waals surface area contributed by atoms with Gasteiger partial charge >= 0.3 is 0 Å². The van der Waals surface area contributed by atoms with Crippen molar-refractivity contribution >= 4 is 35.0 Å². The maximum atomic E-state index is 12.5. The fourth-order valence-corrected chi connectivity index (χ4v) is 4.66. The van der Waals surface area contributed by atoms with Gasteiger partial charge in [-0.3, -0.25) is 29.0 Å². The highest BCUT2D eigenvalue weighted by Gasteiger charge is 2.34. The smallest absolute Gasteiger partial charge is 0.265 e. The number of rotatable bonds is 8. The van der Waals surface area contributed by atoms with Crippen LogP contribution in [0.2, 0.25) is 0 Å². The molecule has 3 heterocycles. The lowest BCUT2D eigenvalue weighted by Crippen LogP contribution is -2.45. The molecule has 10 heteroatoms. The number of fused-ring (bicyclic) bond motifs is 2. The molecule has 4 amide bonds. The largest absolute Gasteiger partial charge is 0.481 e. The van der Waals surface area contributed by atoms with Crippen molar-refractivity contribution in [1.29, 1.82) is 0 Å². The molecule has 1 saturated heterocycles. The van der Waals surface area contributed by atoms with E-state index >= 15 is 0 Å². The van der Waals surface area contributed by atoms with Gasteiger partial charge in [0.25, 0.3) is 17.7 Å². The zero-order valence-electron chi connectivity index (χ0n) is 19.9. The van der Waals surface area contributed by atoms with E-state index in [2.05, 4.69) is 10.2 Å². The summed E-state index contributed by atoms with van der Waals surface area (Å²) in [7, 11) is 0. The monoisotopic (exact) mass is 492 g/mol. The average Bonchev–Trinajstić information content (AvgIpc) is 3.14. The second-order valence-electron chi connectivity index (χ2n) is 8.93. The summed E-state index contributed by atoms with van der Waals surface area (Å²) in [5, 5.41) is 2.83. The molecule has 0 bridgehead atoms. The number of anilines is 2. The number of carbonyl (C=O) groups excluding carboxylic acids is 4. The van der Waals surface area contributed by atoms with Gasteiger partial charge in [0.15, 0.2) is 6.61 Å². The molecular formula is C26H28N4O6. The van der Waals surface area contributed by atoms with Gasteiger partial charge in [-0.2, -0.15) is 0 Å². The zero-order chi connectivity index (χ0) is 25.1. The number of hydrogen-bond acceptors (Lipinski definition) is 7. The summed E-state index contributed by atoms with van der Waals surface area (Å²) in [5.74, 6) is -0.435. The number of imide groups is 1. The van der Waals surface area contributed by atoms with E-state index in [1.165, 1.54) is 4.90 Å². The molecule has 0 saturated carbocycles. The molecule has 36 heavy (non-hydrogen) atoms. The number of nitrogens with zero attached hydrogens (tertiary/aromatic N) is 3. The first-order chi connectivity index (χ1) is 17.5. The summed E-state index contributed by atoms with van der Waals surface area (Å²) < 4.78 is 11.0. The molecule has 5 rings (SSSR count). The minimum atomic E-state index is -0.324. The van der Waals surface area contributed by atoms with E-state index in [4.69, 9.17) is 9.47 Å². The minimum absolute atomic E-state index is 0.0478. The summed E-state index contributed by atoms with van der Waals surface area (Å²) in [4.78, 5) is 55.1. The van der Waals surface area contributed by atoms with Crippen molar-refractivity contribution in [3.05, 3.63) is 53.6 Å². The van der Waals surface area contributed by atoms with Gasteiger partial charge in [-0.25, -0.2) is 0 Å². The maximum Gasteiger partial charge on any atom is 0.265 e. The fourth-order valence-electron chi connectivity index (χ4n) is 4.66. The topological polar surface area (TPSA) is 108 Å². The second-order valence-corrected chi connectivity index (χ2v) is 8.93. The molecule has 0 aromatic heterocycles. The SMILES string of the molecule is O=C(CCCN1C(=O)c2ccccc2C1=O)Nc1ccc2c(c1)OCC(=O)N2CCN1CCOCC1. The predicted octanol–water partition coefficient (Wildman–Crippen LogP) is 1.76. The van der Waals surface area contributed by atoms with Crippen molar-refractivity contribution in [1.82, 2.24) is 9.80 Å². The molecule has 0 spiro atoms. The lowest BCUT2D eigenvalue weighted by atomic mass is 10.1. The molecule has 1 N–H and O–H groups in total. The Morgan fingerprint density at radius 3 is 2.33 bits per heavy atom. The Balaban J connectivity index is 1.14. The van der Waals surface area contributed by atoms with Crippen LogP contribution in [0.5, 0.6) is 5.75 Å². The highest BCUT2D eigenvalue weighted by molar-refractivity contribution is 6.21. The van der Waals surface area contributed by atoms with Gasteiger partial charge in [0.2, 0.25) is 5.91 Å². The van der Waals surface area contributed by atoms with E-state index in [9.17, 15) is 19.2 Å². The van der Waals surface area contributed by atoms with Crippen molar-refractivity contribution in [2.24, 2.45) is 0 Å². The number of morpholine rings is 1. The first kappa shape index (κ1) is 24.0. The summed E-state index contributed by atoms with van der Waals surface area (Å²) >= 11 is 0. The van der Waals surface area contributed by atoms with Gasteiger partial charge in [0.1, 0.15) is 5.75 Å². The number of benzene rings is 2. The Morgan fingerprint density at radius 2 is 1.61 bits per heavy atom. The van der Waals surface area contributed by atoms with E-state index in [-0.39, 0.29) is 43.2 Å². The van der Waals surface area contributed by atoms with Crippen molar-refractivity contribution in [3.8, 4) is 5.75 Å². The molecule has 2 aromatic rings. The molecule has 1 fully saturated rings. The van der Waals surface area contributed by atoms with Gasteiger partial charge in [0, 0.05) is 50.9 Å². The molecule has 10 nitrogen and oxygen atoms in total. The van der Waals surface area contributed by atoms with Crippen LogP contribution in [0, 0.1) is 0 Å². The summed E-state index contributed by atoms with van der Waals surface area (Å²) in [6.45, 7) is 4.54. The first-order valence-corrected chi connectivity index (χ1v) is 12.1. The molecule has 0 atom stereocenters. The van der Waals surface area contributed by atoms with Crippen LogP contribution < -0.4 is 15.0 Å². The first-order valence-electron chi connectivity index (χ1n) is 12.1. The van der Waals surface area contributed by atoms with Crippen LogP contribution in [0.15, 0.2) is 42.5 Å². The minimum Gasteiger partial charge on any atom is -0.481 e. The van der Waals surface area contributed by atoms with Crippen molar-refractivity contribution < 1.29 is 28.7 Å². The average molecular weight is 493 g/mol. The van der Waals surface area contributed by atoms with Crippen LogP contribution in [0.1, 0.15) is 33.6 Å². The third-order valence-electron chi connectivity index (χ3n) is 6.59. The van der Waals surface area contributed by atoms with Crippen LogP contribution in [-0.4, -0.2) is 86.0 Å². The van der Waals surface area contributed by atoms with E-state index in [1.807, 2.05) is 0 Å². The van der Waals surface area contributed by atoms with E-state index < -0.39 is 0 Å². The molecule has 0 aliphatic carbocycles. The third kappa shape index (κ3) is 4.95. The van der Waals surface area contributed by atoms with Gasteiger partial charge < -0.3 is 19.7 Å². The van der Waals surface area contributed by atoms with Crippen LogP contribution in [0.3, 0.4) is 0 Å². The molecular weight excluding hydrogens is 464 g/mol. The second kappa shape index (κ2) is 10.5. The number of hydrogen-bond donors (Lipinski definition) is 1. The van der Waals surface area contributed by atoms with Gasteiger partial charge in [0.05, 0.1) is 30.0 Å². The highest BCUT2D eigenvalue weighted by Crippen LogP contribution is 2.34. The third-order valence-corrected chi connectivity index (χ3v) is 6.59. The lowest BCUT2D eigenvalue weighted by molar-refractivity contribution is -0.121. The number of carbonyl (C=O) groups is 4. The van der Waals surface area contributed by atoms with Crippen LogP contribution >= 0.6 is 0 Å². The Hall–Kier alpha value is -3.76. The van der Waals surface area contributed by atoms with Crippen LogP contribution in [0.4, 0.5) is 11.4 Å². The number of ether oxygens (including phenoxy) is 2. The van der Waals surface area contributed by atoms with Crippen LogP contribution in [0.25, 0.3) is 0 Å². The lowest BCUT2D eigenvalue weighted by Gasteiger charge is -2.33. The number of nitrogens with one attached hydrogen (secondary N) is 1. The molecule has 2 aromatic carbocycles. The quantitative estimate of drug-likeness (QED) is 0.560. The Labute approximate surface area is 208 Å². The Morgan fingerprint density at radius 1 is 0.889 bits per heavy atom. The van der Waals surface area contributed by atoms with Gasteiger partial charge in [-0.1, -0.05) is 12.1 Å². The molecule has 0 radical (unpaired) electrons. The van der Waals surface area contributed by atoms with Crippen molar-refractivity contribution in [3.63, 3.8) is 0 Å². The maximum absolute atomic E-state index is 12.5. The van der Waals surface area contributed by atoms with E-state index in [0.717, 1.165) is 19.6 Å². The summed E-state index contributed by atoms with van der Waals surface area (Å²) in [6, 6.07) is 12.0. The summed E-state index contributed by atoms with van der Waals surface area (Å²) in [5.41, 5.74) is 2.04. The van der Waals surface area contributed by atoms with Crippen molar-refractivity contribution in [2.45, 2.75) is 12.8 Å². The van der Waals surface area contributed by atoms with Gasteiger partial charge in [-0.05, 0) is 30.7 Å². The molecule has 3 aliphatic rings. The zero-order valence-corrected chi connectivity index (χ0v) is 19.9. The van der Waals surface area contributed by atoms with E-state index in [0.29, 0.717) is 54.4 Å². The van der Waals surface area contributed by atoms with Crippen molar-refractivity contribution in [2.75, 3.05) is 62.8 Å². The summed E-state index contributed by atoms with van der Waals surface area (Å²) in [6.07, 6.45) is 0.498. The highest BCUT2D eigenvalue weighted by atomic mass is 16.5. The molecule has 3 aliphatic heterocycles.